The predicted octanol–water partition coefficient (Wildman–Crippen LogP) is 2.86. The molecule has 0 amide bonds. The Labute approximate surface area is 109 Å². The van der Waals surface area contributed by atoms with Crippen LogP contribution in [0, 0.1) is 0 Å². The molecule has 0 aromatic carbocycles. The van der Waals surface area contributed by atoms with Gasteiger partial charge in [-0.15, -0.1) is 11.3 Å². The summed E-state index contributed by atoms with van der Waals surface area (Å²) in [5.74, 6) is 0. The number of halogens is 1. The van der Waals surface area contributed by atoms with E-state index in [0.29, 0.717) is 0 Å². The maximum Gasteiger partial charge on any atom is 0.0328 e. The third-order valence-corrected chi connectivity index (χ3v) is 4.52. The summed E-state index contributed by atoms with van der Waals surface area (Å²) in [6.07, 6.45) is 0. The summed E-state index contributed by atoms with van der Waals surface area (Å²) in [4.78, 5) is 3.79. The standard InChI is InChI=1S/C12H17BrN2S/c1-9(10-4-14-5-10)6-15(2)7-12-3-11(13)8-16-12/h3,8,14H,4-7H2,1-2H3. The molecular formula is C12H17BrN2S. The van der Waals surface area contributed by atoms with Gasteiger partial charge in [0.15, 0.2) is 0 Å². The molecule has 1 fully saturated rings. The summed E-state index contributed by atoms with van der Waals surface area (Å²) in [7, 11) is 2.18. The summed E-state index contributed by atoms with van der Waals surface area (Å²) < 4.78 is 1.19. The zero-order chi connectivity index (χ0) is 11.5. The van der Waals surface area contributed by atoms with Gasteiger partial charge in [0.2, 0.25) is 0 Å². The van der Waals surface area contributed by atoms with Crippen LogP contribution in [0.1, 0.15) is 11.8 Å². The van der Waals surface area contributed by atoms with Gasteiger partial charge >= 0.3 is 0 Å². The van der Waals surface area contributed by atoms with Crippen LogP contribution in [0.3, 0.4) is 0 Å². The van der Waals surface area contributed by atoms with Crippen LogP contribution in [0.15, 0.2) is 27.1 Å². The van der Waals surface area contributed by atoms with E-state index in [9.17, 15) is 0 Å². The Hall–Kier alpha value is -0.160. The zero-order valence-corrected chi connectivity index (χ0v) is 12.1. The molecule has 4 heteroatoms. The molecule has 1 saturated heterocycles. The van der Waals surface area contributed by atoms with Crippen molar-refractivity contribution >= 4 is 27.3 Å². The molecule has 0 saturated carbocycles. The zero-order valence-electron chi connectivity index (χ0n) is 9.72. The largest absolute Gasteiger partial charge is 0.309 e. The van der Waals surface area contributed by atoms with Crippen molar-refractivity contribution in [3.05, 3.63) is 31.9 Å². The van der Waals surface area contributed by atoms with Gasteiger partial charge in [0.1, 0.15) is 0 Å². The summed E-state index contributed by atoms with van der Waals surface area (Å²) in [5.41, 5.74) is 3.11. The Kier molecular flexibility index (Phi) is 4.19. The summed E-state index contributed by atoms with van der Waals surface area (Å²) in [6, 6.07) is 2.20. The molecule has 1 aliphatic rings. The van der Waals surface area contributed by atoms with Crippen LogP contribution >= 0.6 is 27.3 Å². The van der Waals surface area contributed by atoms with Gasteiger partial charge in [-0.3, -0.25) is 4.90 Å². The first-order valence-electron chi connectivity index (χ1n) is 5.45. The summed E-state index contributed by atoms with van der Waals surface area (Å²) >= 11 is 5.31. The lowest BCUT2D eigenvalue weighted by Gasteiger charge is -2.24. The van der Waals surface area contributed by atoms with Gasteiger partial charge in [0.25, 0.3) is 0 Å². The van der Waals surface area contributed by atoms with Crippen LogP contribution in [0.5, 0.6) is 0 Å². The molecule has 0 unspecified atom stereocenters. The monoisotopic (exact) mass is 300 g/mol. The van der Waals surface area contributed by atoms with Crippen molar-refractivity contribution in [2.75, 3.05) is 26.7 Å². The van der Waals surface area contributed by atoms with Gasteiger partial charge < -0.3 is 5.32 Å². The third-order valence-electron chi connectivity index (χ3n) is 2.83. The summed E-state index contributed by atoms with van der Waals surface area (Å²) in [6.45, 7) is 6.53. The van der Waals surface area contributed by atoms with E-state index in [1.54, 1.807) is 5.57 Å². The second-order valence-corrected chi connectivity index (χ2v) is 6.30. The third kappa shape index (κ3) is 3.17. The number of thiophene rings is 1. The fourth-order valence-corrected chi connectivity index (χ4v) is 3.36. The molecular weight excluding hydrogens is 284 g/mol. The lowest BCUT2D eigenvalue weighted by atomic mass is 10.0. The van der Waals surface area contributed by atoms with Crippen molar-refractivity contribution in [1.82, 2.24) is 10.2 Å². The molecule has 1 N–H and O–H groups in total. The molecule has 2 rings (SSSR count). The normalized spacial score (nSPS) is 15.4. The molecule has 2 heterocycles. The van der Waals surface area contributed by atoms with E-state index >= 15 is 0 Å². The smallest absolute Gasteiger partial charge is 0.0328 e. The Morgan fingerprint density at radius 3 is 2.81 bits per heavy atom. The highest BCUT2D eigenvalue weighted by atomic mass is 79.9. The first kappa shape index (κ1) is 12.3. The van der Waals surface area contributed by atoms with Crippen LogP contribution in [0.2, 0.25) is 0 Å². The highest BCUT2D eigenvalue weighted by Gasteiger charge is 2.12. The van der Waals surface area contributed by atoms with E-state index in [4.69, 9.17) is 0 Å². The second kappa shape index (κ2) is 5.45. The lowest BCUT2D eigenvalue weighted by Crippen LogP contribution is -2.36. The van der Waals surface area contributed by atoms with Crippen LogP contribution in [0.4, 0.5) is 0 Å². The number of hydrogen-bond donors (Lipinski definition) is 1. The van der Waals surface area contributed by atoms with Crippen molar-refractivity contribution in [3.63, 3.8) is 0 Å². The Morgan fingerprint density at radius 2 is 2.31 bits per heavy atom. The Balaban J connectivity index is 1.86. The van der Waals surface area contributed by atoms with Gasteiger partial charge in [-0.05, 0) is 41.5 Å². The van der Waals surface area contributed by atoms with E-state index in [-0.39, 0.29) is 0 Å². The van der Waals surface area contributed by atoms with Crippen molar-refractivity contribution in [2.24, 2.45) is 0 Å². The number of likely N-dealkylation sites (N-methyl/N-ethyl adjacent to an activating group) is 1. The van der Waals surface area contributed by atoms with Crippen molar-refractivity contribution < 1.29 is 0 Å². The molecule has 88 valence electrons. The molecule has 0 spiro atoms. The highest BCUT2D eigenvalue weighted by Crippen LogP contribution is 2.21. The minimum Gasteiger partial charge on any atom is -0.309 e. The van der Waals surface area contributed by atoms with Crippen LogP contribution in [-0.2, 0) is 6.54 Å². The fourth-order valence-electron chi connectivity index (χ4n) is 1.83. The van der Waals surface area contributed by atoms with Gasteiger partial charge in [0, 0.05) is 40.9 Å². The van der Waals surface area contributed by atoms with Gasteiger partial charge in [-0.1, -0.05) is 5.57 Å². The number of rotatable bonds is 4. The van der Waals surface area contributed by atoms with E-state index in [0.717, 1.165) is 26.2 Å². The quantitative estimate of drug-likeness (QED) is 0.860. The fraction of sp³-hybridized carbons (Fsp3) is 0.500. The van der Waals surface area contributed by atoms with Crippen molar-refractivity contribution in [2.45, 2.75) is 13.5 Å². The number of nitrogens with zero attached hydrogens (tertiary/aromatic N) is 1. The van der Waals surface area contributed by atoms with E-state index < -0.39 is 0 Å². The minimum absolute atomic E-state index is 1.04. The van der Waals surface area contributed by atoms with E-state index in [1.165, 1.54) is 14.9 Å². The molecule has 1 aromatic rings. The van der Waals surface area contributed by atoms with Gasteiger partial charge in [0.05, 0.1) is 0 Å². The van der Waals surface area contributed by atoms with Crippen LogP contribution in [0.25, 0.3) is 0 Å². The average Bonchev–Trinajstić information content (AvgIpc) is 2.47. The molecule has 1 aromatic heterocycles. The molecule has 0 bridgehead atoms. The maximum atomic E-state index is 3.49. The molecule has 16 heavy (non-hydrogen) atoms. The topological polar surface area (TPSA) is 15.3 Å². The van der Waals surface area contributed by atoms with Gasteiger partial charge in [-0.25, -0.2) is 0 Å². The molecule has 0 aliphatic carbocycles. The number of nitrogens with one attached hydrogen (secondary N) is 1. The minimum atomic E-state index is 1.04. The maximum absolute atomic E-state index is 3.49. The second-order valence-electron chi connectivity index (χ2n) is 4.39. The SMILES string of the molecule is CC(CN(C)Cc1cc(Br)cs1)=C1CNC1. The van der Waals surface area contributed by atoms with E-state index in [1.807, 2.05) is 11.3 Å². The lowest BCUT2D eigenvalue weighted by molar-refractivity contribution is 0.355. The molecule has 1 aliphatic heterocycles. The first-order valence-corrected chi connectivity index (χ1v) is 7.12. The van der Waals surface area contributed by atoms with Gasteiger partial charge in [-0.2, -0.15) is 0 Å². The Morgan fingerprint density at radius 1 is 1.56 bits per heavy atom. The summed E-state index contributed by atoms with van der Waals surface area (Å²) in [5, 5.41) is 5.43. The average molecular weight is 301 g/mol. The van der Waals surface area contributed by atoms with E-state index in [2.05, 4.69) is 51.6 Å². The molecule has 2 nitrogen and oxygen atoms in total. The first-order chi connectivity index (χ1) is 7.65. The van der Waals surface area contributed by atoms with Crippen molar-refractivity contribution in [1.29, 1.82) is 0 Å². The highest BCUT2D eigenvalue weighted by molar-refractivity contribution is 9.10. The predicted molar refractivity (Wildman–Crippen MR) is 73.9 cm³/mol. The molecule has 0 radical (unpaired) electrons. The Bertz CT molecular complexity index is 391. The number of hydrogen-bond acceptors (Lipinski definition) is 3. The molecule has 0 atom stereocenters. The van der Waals surface area contributed by atoms with Crippen LogP contribution in [-0.4, -0.2) is 31.6 Å². The van der Waals surface area contributed by atoms with Crippen molar-refractivity contribution in [3.8, 4) is 0 Å². The van der Waals surface area contributed by atoms with Crippen LogP contribution < -0.4 is 5.32 Å².